The van der Waals surface area contributed by atoms with Gasteiger partial charge < -0.3 is 19.2 Å². The van der Waals surface area contributed by atoms with Gasteiger partial charge in [-0.25, -0.2) is 13.8 Å². The number of hydrogen-bond acceptors (Lipinski definition) is 7. The molecule has 1 fully saturated rings. The van der Waals surface area contributed by atoms with Crippen molar-refractivity contribution < 1.29 is 37.1 Å². The SMILES string of the molecule is O=C(COc1ccc(F)cc1F)c1ccc2c(c1)N(Cc1nc(C(=O)NC3CC3)co1)C(=O)CO2. The Morgan fingerprint density at radius 1 is 1.17 bits per heavy atom. The van der Waals surface area contributed by atoms with Crippen molar-refractivity contribution in [2.24, 2.45) is 0 Å². The molecule has 0 atom stereocenters. The molecule has 1 aliphatic heterocycles. The summed E-state index contributed by atoms with van der Waals surface area (Å²) in [4.78, 5) is 42.9. The Balaban J connectivity index is 1.31. The van der Waals surface area contributed by atoms with Crippen LogP contribution >= 0.6 is 0 Å². The van der Waals surface area contributed by atoms with Crippen molar-refractivity contribution in [3.63, 3.8) is 0 Å². The van der Waals surface area contributed by atoms with Gasteiger partial charge in [0, 0.05) is 17.7 Å². The highest BCUT2D eigenvalue weighted by Crippen LogP contribution is 2.34. The van der Waals surface area contributed by atoms with Gasteiger partial charge in [0.2, 0.25) is 5.89 Å². The summed E-state index contributed by atoms with van der Waals surface area (Å²) in [5.41, 5.74) is 0.607. The maximum absolute atomic E-state index is 13.8. The number of carbonyl (C=O) groups is 3. The van der Waals surface area contributed by atoms with Crippen LogP contribution in [-0.4, -0.2) is 41.8 Å². The normalized spacial score (nSPS) is 14.8. The Morgan fingerprint density at radius 3 is 2.77 bits per heavy atom. The summed E-state index contributed by atoms with van der Waals surface area (Å²) in [5.74, 6) is -2.68. The molecule has 0 saturated heterocycles. The van der Waals surface area contributed by atoms with E-state index in [1.807, 2.05) is 0 Å². The molecule has 2 heterocycles. The van der Waals surface area contributed by atoms with Gasteiger partial charge in [0.15, 0.2) is 36.3 Å². The summed E-state index contributed by atoms with van der Waals surface area (Å²) in [5, 5.41) is 2.81. The number of carbonyl (C=O) groups excluding carboxylic acids is 3. The fraction of sp³-hybridized carbons (Fsp3) is 0.250. The molecule has 0 unspecified atom stereocenters. The number of ether oxygens (including phenoxy) is 2. The molecular formula is C24H19F2N3O6. The summed E-state index contributed by atoms with van der Waals surface area (Å²) < 4.78 is 42.8. The van der Waals surface area contributed by atoms with Gasteiger partial charge in [-0.1, -0.05) is 0 Å². The molecule has 1 saturated carbocycles. The number of anilines is 1. The second kappa shape index (κ2) is 9.16. The molecule has 3 aromatic rings. The van der Waals surface area contributed by atoms with Gasteiger partial charge in [-0.15, -0.1) is 0 Å². The second-order valence-corrected chi connectivity index (χ2v) is 8.11. The summed E-state index contributed by atoms with van der Waals surface area (Å²) in [7, 11) is 0. The van der Waals surface area contributed by atoms with E-state index < -0.39 is 29.9 Å². The third-order valence-electron chi connectivity index (χ3n) is 5.47. The minimum Gasteiger partial charge on any atom is -0.482 e. The topological polar surface area (TPSA) is 111 Å². The van der Waals surface area contributed by atoms with Crippen LogP contribution in [0.1, 0.15) is 39.6 Å². The molecule has 2 aromatic carbocycles. The van der Waals surface area contributed by atoms with E-state index in [-0.39, 0.29) is 48.0 Å². The number of Topliss-reactive ketones (excluding diaryl/α,β-unsaturated/α-hetero) is 1. The van der Waals surface area contributed by atoms with Gasteiger partial charge in [0.05, 0.1) is 5.69 Å². The highest BCUT2D eigenvalue weighted by Gasteiger charge is 2.29. The fourth-order valence-corrected chi connectivity index (χ4v) is 3.48. The number of aromatic nitrogens is 1. The molecule has 0 bridgehead atoms. The molecule has 1 N–H and O–H groups in total. The van der Waals surface area contributed by atoms with Crippen LogP contribution < -0.4 is 19.7 Å². The summed E-state index contributed by atoms with van der Waals surface area (Å²) in [6.45, 7) is -0.806. The largest absolute Gasteiger partial charge is 0.482 e. The van der Waals surface area contributed by atoms with E-state index >= 15 is 0 Å². The maximum atomic E-state index is 13.8. The molecule has 9 nitrogen and oxygen atoms in total. The van der Waals surface area contributed by atoms with E-state index in [4.69, 9.17) is 13.9 Å². The monoisotopic (exact) mass is 483 g/mol. The molecule has 2 amide bonds. The fourth-order valence-electron chi connectivity index (χ4n) is 3.48. The lowest BCUT2D eigenvalue weighted by molar-refractivity contribution is -0.121. The molecule has 0 spiro atoms. The highest BCUT2D eigenvalue weighted by molar-refractivity contribution is 6.02. The molecule has 1 aliphatic carbocycles. The summed E-state index contributed by atoms with van der Waals surface area (Å²) in [6.07, 6.45) is 3.09. The van der Waals surface area contributed by atoms with Crippen LogP contribution in [0.15, 0.2) is 47.1 Å². The average molecular weight is 483 g/mol. The van der Waals surface area contributed by atoms with Crippen LogP contribution in [0.3, 0.4) is 0 Å². The van der Waals surface area contributed by atoms with Crippen molar-refractivity contribution in [1.29, 1.82) is 0 Å². The van der Waals surface area contributed by atoms with Crippen LogP contribution in [0, 0.1) is 11.6 Å². The Morgan fingerprint density at radius 2 is 2.00 bits per heavy atom. The Kier molecular flexibility index (Phi) is 5.89. The zero-order valence-corrected chi connectivity index (χ0v) is 18.3. The summed E-state index contributed by atoms with van der Waals surface area (Å²) in [6, 6.07) is 7.40. The second-order valence-electron chi connectivity index (χ2n) is 8.11. The minimum absolute atomic E-state index is 0.0825. The first-order valence-electron chi connectivity index (χ1n) is 10.8. The van der Waals surface area contributed by atoms with Crippen molar-refractivity contribution >= 4 is 23.3 Å². The molecule has 5 rings (SSSR count). The molecule has 1 aromatic heterocycles. The lowest BCUT2D eigenvalue weighted by atomic mass is 10.1. The third kappa shape index (κ3) is 4.98. The first-order chi connectivity index (χ1) is 16.9. The molecular weight excluding hydrogens is 464 g/mol. The lowest BCUT2D eigenvalue weighted by Gasteiger charge is -2.28. The average Bonchev–Trinajstić information content (AvgIpc) is 3.53. The molecule has 2 aliphatic rings. The van der Waals surface area contributed by atoms with E-state index in [1.54, 1.807) is 0 Å². The van der Waals surface area contributed by atoms with Crippen molar-refractivity contribution in [2.45, 2.75) is 25.4 Å². The van der Waals surface area contributed by atoms with Crippen molar-refractivity contribution in [1.82, 2.24) is 10.3 Å². The van der Waals surface area contributed by atoms with Gasteiger partial charge in [-0.3, -0.25) is 19.3 Å². The number of nitrogens with one attached hydrogen (secondary N) is 1. The number of nitrogens with zero attached hydrogens (tertiary/aromatic N) is 2. The van der Waals surface area contributed by atoms with Crippen molar-refractivity contribution in [2.75, 3.05) is 18.1 Å². The van der Waals surface area contributed by atoms with Gasteiger partial charge in [-0.2, -0.15) is 0 Å². The van der Waals surface area contributed by atoms with Crippen LogP contribution in [0.25, 0.3) is 0 Å². The molecule has 11 heteroatoms. The summed E-state index contributed by atoms with van der Waals surface area (Å²) >= 11 is 0. The Labute approximate surface area is 197 Å². The van der Waals surface area contributed by atoms with Gasteiger partial charge in [0.25, 0.3) is 11.8 Å². The number of halogens is 2. The third-order valence-corrected chi connectivity index (χ3v) is 5.47. The van der Waals surface area contributed by atoms with Crippen LogP contribution in [0.2, 0.25) is 0 Å². The van der Waals surface area contributed by atoms with E-state index in [9.17, 15) is 23.2 Å². The van der Waals surface area contributed by atoms with Gasteiger partial charge >= 0.3 is 0 Å². The number of rotatable bonds is 8. The number of fused-ring (bicyclic) bond motifs is 1. The van der Waals surface area contributed by atoms with Crippen LogP contribution in [0.5, 0.6) is 11.5 Å². The minimum atomic E-state index is -0.926. The molecule has 180 valence electrons. The quantitative estimate of drug-likeness (QED) is 0.491. The predicted molar refractivity (Wildman–Crippen MR) is 116 cm³/mol. The van der Waals surface area contributed by atoms with Crippen molar-refractivity contribution in [3.8, 4) is 11.5 Å². The lowest BCUT2D eigenvalue weighted by Crippen LogP contribution is -2.38. The van der Waals surface area contributed by atoms with E-state index in [0.717, 1.165) is 25.0 Å². The van der Waals surface area contributed by atoms with Crippen molar-refractivity contribution in [3.05, 3.63) is 71.4 Å². The number of ketones is 1. The number of amides is 2. The van der Waals surface area contributed by atoms with Gasteiger partial charge in [0.1, 0.15) is 24.4 Å². The number of hydrogen-bond donors (Lipinski definition) is 1. The zero-order valence-electron chi connectivity index (χ0n) is 18.3. The first kappa shape index (κ1) is 22.5. The Bertz CT molecular complexity index is 1320. The highest BCUT2D eigenvalue weighted by atomic mass is 19.1. The van der Waals surface area contributed by atoms with E-state index in [0.29, 0.717) is 17.5 Å². The number of oxazole rings is 1. The van der Waals surface area contributed by atoms with E-state index in [1.165, 1.54) is 29.4 Å². The predicted octanol–water partition coefficient (Wildman–Crippen LogP) is 3.03. The Hall–Kier alpha value is -4.28. The molecule has 35 heavy (non-hydrogen) atoms. The standard InChI is InChI=1S/C24H19F2N3O6/c25-14-2-6-20(16(26)8-14)33-11-19(30)13-1-5-21-18(7-13)29(23(31)12-34-21)9-22-28-17(10-35-22)24(32)27-15-3-4-15/h1-2,5-8,10,15H,3-4,9,11-12H2,(H,27,32). The van der Waals surface area contributed by atoms with Crippen LogP contribution in [0.4, 0.5) is 14.5 Å². The smallest absolute Gasteiger partial charge is 0.273 e. The van der Waals surface area contributed by atoms with Gasteiger partial charge in [-0.05, 0) is 43.2 Å². The maximum Gasteiger partial charge on any atom is 0.273 e. The molecule has 0 radical (unpaired) electrons. The zero-order chi connectivity index (χ0) is 24.5. The number of benzene rings is 2. The van der Waals surface area contributed by atoms with E-state index in [2.05, 4.69) is 10.3 Å². The van der Waals surface area contributed by atoms with Crippen LogP contribution in [-0.2, 0) is 11.3 Å². The first-order valence-corrected chi connectivity index (χ1v) is 10.8.